The Balaban J connectivity index is 1.79. The third-order valence-corrected chi connectivity index (χ3v) is 4.57. The molecule has 3 N–H and O–H groups in total. The molecule has 0 saturated heterocycles. The summed E-state index contributed by atoms with van der Waals surface area (Å²) in [7, 11) is 0. The zero-order valence-corrected chi connectivity index (χ0v) is 14.4. The predicted molar refractivity (Wildman–Crippen MR) is 99.9 cm³/mol. The second-order valence-corrected chi connectivity index (χ2v) is 6.32. The topological polar surface area (TPSA) is 82.2 Å². The molecule has 7 heteroatoms. The summed E-state index contributed by atoms with van der Waals surface area (Å²) < 4.78 is 28.7. The van der Waals surface area contributed by atoms with Crippen LogP contribution in [0.4, 0.5) is 14.5 Å². The maximum atomic E-state index is 14.3. The number of anilines is 1. The van der Waals surface area contributed by atoms with Gasteiger partial charge in [-0.25, -0.2) is 13.6 Å². The number of fused-ring (bicyclic) bond motifs is 1. The van der Waals surface area contributed by atoms with Gasteiger partial charge in [0, 0.05) is 35.1 Å². The Morgan fingerprint density at radius 1 is 1.07 bits per heavy atom. The normalized spacial score (nSPS) is 14.2. The Kier molecular flexibility index (Phi) is 4.27. The van der Waals surface area contributed by atoms with Crippen LogP contribution in [0.3, 0.4) is 0 Å². The van der Waals surface area contributed by atoms with Gasteiger partial charge in [0.15, 0.2) is 0 Å². The summed E-state index contributed by atoms with van der Waals surface area (Å²) in [4.78, 5) is 26.3. The number of carboxylic acid groups (broad SMARTS) is 1. The summed E-state index contributed by atoms with van der Waals surface area (Å²) in [6.45, 7) is 0. The van der Waals surface area contributed by atoms with Crippen molar-refractivity contribution in [1.29, 1.82) is 0 Å². The number of aromatic nitrogens is 1. The van der Waals surface area contributed by atoms with Crippen molar-refractivity contribution in [3.8, 4) is 11.1 Å². The molecule has 28 heavy (non-hydrogen) atoms. The molecule has 1 aliphatic heterocycles. The van der Waals surface area contributed by atoms with E-state index >= 15 is 0 Å². The maximum absolute atomic E-state index is 14.3. The lowest BCUT2D eigenvalue weighted by Crippen LogP contribution is -2.04. The second kappa shape index (κ2) is 6.77. The summed E-state index contributed by atoms with van der Waals surface area (Å²) in [5.74, 6) is -2.88. The van der Waals surface area contributed by atoms with Gasteiger partial charge in [-0.15, -0.1) is 0 Å². The van der Waals surface area contributed by atoms with Crippen molar-refractivity contribution >= 4 is 23.1 Å². The molecule has 0 bridgehead atoms. The van der Waals surface area contributed by atoms with Crippen molar-refractivity contribution < 1.29 is 23.5 Å². The van der Waals surface area contributed by atoms with Crippen LogP contribution in [0, 0.1) is 11.6 Å². The van der Waals surface area contributed by atoms with Crippen molar-refractivity contribution in [3.63, 3.8) is 0 Å². The first-order valence-corrected chi connectivity index (χ1v) is 8.45. The van der Waals surface area contributed by atoms with Gasteiger partial charge in [-0.05, 0) is 29.8 Å². The average molecular weight is 380 g/mol. The minimum absolute atomic E-state index is 0.110. The van der Waals surface area contributed by atoms with Crippen molar-refractivity contribution in [2.24, 2.45) is 0 Å². The minimum Gasteiger partial charge on any atom is -0.478 e. The molecule has 140 valence electrons. The Morgan fingerprint density at radius 2 is 1.79 bits per heavy atom. The van der Waals surface area contributed by atoms with E-state index in [1.807, 2.05) is 0 Å². The summed E-state index contributed by atoms with van der Waals surface area (Å²) in [5, 5.41) is 11.7. The number of hydrogen-bond donors (Lipinski definition) is 3. The van der Waals surface area contributed by atoms with E-state index in [1.54, 1.807) is 24.3 Å². The number of aromatic amines is 1. The number of H-pyrrole nitrogens is 1. The van der Waals surface area contributed by atoms with Gasteiger partial charge in [-0.2, -0.15) is 0 Å². The van der Waals surface area contributed by atoms with E-state index in [4.69, 9.17) is 5.11 Å². The Hall–Kier alpha value is -3.74. The lowest BCUT2D eigenvalue weighted by atomic mass is 9.93. The maximum Gasteiger partial charge on any atom is 0.337 e. The van der Waals surface area contributed by atoms with Crippen LogP contribution in [0.2, 0.25) is 0 Å². The fourth-order valence-corrected chi connectivity index (χ4v) is 3.30. The smallest absolute Gasteiger partial charge is 0.337 e. The third kappa shape index (κ3) is 2.96. The summed E-state index contributed by atoms with van der Waals surface area (Å²) in [6.07, 6.45) is 3.23. The number of carbonyl (C=O) groups excluding carboxylic acids is 1. The molecule has 2 aromatic carbocycles. The SMILES string of the molecule is O=C1Nc2cccc(-c3c(F)cccc3F)c2/C1=C/Cc1cc(C(=O)O)c[nH]1. The molecule has 0 spiro atoms. The Labute approximate surface area is 158 Å². The number of nitrogens with one attached hydrogen (secondary N) is 2. The van der Waals surface area contributed by atoms with Crippen LogP contribution in [-0.2, 0) is 11.2 Å². The number of rotatable bonds is 4. The molecular formula is C21H14F2N2O3. The van der Waals surface area contributed by atoms with Crippen LogP contribution >= 0.6 is 0 Å². The summed E-state index contributed by atoms with van der Waals surface area (Å²) >= 11 is 0. The molecule has 1 aliphatic rings. The molecule has 0 aliphatic carbocycles. The van der Waals surface area contributed by atoms with Crippen molar-refractivity contribution in [2.75, 3.05) is 5.32 Å². The highest BCUT2D eigenvalue weighted by Gasteiger charge is 2.28. The van der Waals surface area contributed by atoms with Gasteiger partial charge in [-0.3, -0.25) is 4.79 Å². The molecular weight excluding hydrogens is 366 g/mol. The van der Waals surface area contributed by atoms with Gasteiger partial charge in [0.1, 0.15) is 11.6 Å². The highest BCUT2D eigenvalue weighted by Crippen LogP contribution is 2.41. The highest BCUT2D eigenvalue weighted by atomic mass is 19.1. The molecule has 0 saturated carbocycles. The van der Waals surface area contributed by atoms with Crippen LogP contribution in [0.5, 0.6) is 0 Å². The number of carboxylic acids is 1. The van der Waals surface area contributed by atoms with E-state index in [1.165, 1.54) is 18.3 Å². The first-order valence-electron chi connectivity index (χ1n) is 8.45. The number of carbonyl (C=O) groups is 2. The van der Waals surface area contributed by atoms with Crippen molar-refractivity contribution in [1.82, 2.24) is 4.98 Å². The average Bonchev–Trinajstić information content (AvgIpc) is 3.24. The lowest BCUT2D eigenvalue weighted by molar-refractivity contribution is -0.110. The van der Waals surface area contributed by atoms with Crippen LogP contribution in [0.15, 0.2) is 54.7 Å². The first-order chi connectivity index (χ1) is 13.5. The first kappa shape index (κ1) is 17.7. The van der Waals surface area contributed by atoms with Gasteiger partial charge < -0.3 is 15.4 Å². The summed E-state index contributed by atoms with van der Waals surface area (Å²) in [6, 6.07) is 9.92. The summed E-state index contributed by atoms with van der Waals surface area (Å²) in [5.41, 5.74) is 1.94. The Morgan fingerprint density at radius 3 is 2.46 bits per heavy atom. The Bertz CT molecular complexity index is 1130. The molecule has 0 radical (unpaired) electrons. The van der Waals surface area contributed by atoms with E-state index in [2.05, 4.69) is 10.3 Å². The van der Waals surface area contributed by atoms with E-state index < -0.39 is 17.6 Å². The van der Waals surface area contributed by atoms with Crippen LogP contribution < -0.4 is 5.32 Å². The zero-order chi connectivity index (χ0) is 19.8. The van der Waals surface area contributed by atoms with Crippen molar-refractivity contribution in [3.05, 3.63) is 83.2 Å². The number of allylic oxidation sites excluding steroid dienone is 1. The van der Waals surface area contributed by atoms with Gasteiger partial charge in [-0.1, -0.05) is 24.3 Å². The molecule has 0 atom stereocenters. The third-order valence-electron chi connectivity index (χ3n) is 4.57. The number of amides is 1. The van der Waals surface area contributed by atoms with E-state index in [0.717, 1.165) is 12.1 Å². The van der Waals surface area contributed by atoms with Crippen LogP contribution in [0.1, 0.15) is 21.6 Å². The molecule has 4 rings (SSSR count). The van der Waals surface area contributed by atoms with Gasteiger partial charge in [0.2, 0.25) is 0 Å². The van der Waals surface area contributed by atoms with Gasteiger partial charge >= 0.3 is 5.97 Å². The van der Waals surface area contributed by atoms with Gasteiger partial charge in [0.25, 0.3) is 5.91 Å². The second-order valence-electron chi connectivity index (χ2n) is 6.32. The quantitative estimate of drug-likeness (QED) is 0.592. The zero-order valence-electron chi connectivity index (χ0n) is 14.4. The molecule has 0 fully saturated rings. The molecule has 0 unspecified atom stereocenters. The number of hydrogen-bond acceptors (Lipinski definition) is 2. The fraction of sp³-hybridized carbons (Fsp3) is 0.0476. The minimum atomic E-state index is -1.06. The molecule has 3 aromatic rings. The molecule has 5 nitrogen and oxygen atoms in total. The molecule has 1 aromatic heterocycles. The number of aromatic carboxylic acids is 1. The van der Waals surface area contributed by atoms with E-state index in [9.17, 15) is 18.4 Å². The lowest BCUT2D eigenvalue weighted by Gasteiger charge is -2.10. The fourth-order valence-electron chi connectivity index (χ4n) is 3.30. The standard InChI is InChI=1S/C21H14F2N2O3/c22-15-4-2-5-16(23)19(15)13-3-1-6-17-18(13)14(20(26)25-17)8-7-12-9-11(10-24-12)21(27)28/h1-6,8-10,24H,7H2,(H,25,26)(H,27,28)/b14-8-. The highest BCUT2D eigenvalue weighted by molar-refractivity contribution is 6.33. The predicted octanol–water partition coefficient (Wildman–Crippen LogP) is 4.24. The largest absolute Gasteiger partial charge is 0.478 e. The van der Waals surface area contributed by atoms with E-state index in [-0.39, 0.29) is 34.6 Å². The van der Waals surface area contributed by atoms with E-state index in [0.29, 0.717) is 16.9 Å². The van der Waals surface area contributed by atoms with Crippen LogP contribution in [0.25, 0.3) is 16.7 Å². The van der Waals surface area contributed by atoms with Crippen molar-refractivity contribution in [2.45, 2.75) is 6.42 Å². The number of halogens is 2. The number of benzene rings is 2. The van der Waals surface area contributed by atoms with Gasteiger partial charge in [0.05, 0.1) is 11.1 Å². The molecule has 1 amide bonds. The van der Waals surface area contributed by atoms with Crippen LogP contribution in [-0.4, -0.2) is 22.0 Å². The monoisotopic (exact) mass is 380 g/mol. The molecule has 2 heterocycles.